The molecule has 4 nitrogen and oxygen atoms in total. The maximum Gasteiger partial charge on any atom is 0.307 e. The summed E-state index contributed by atoms with van der Waals surface area (Å²) in [5.74, 6) is 0. The van der Waals surface area contributed by atoms with Crippen molar-refractivity contribution in [3.63, 3.8) is 0 Å². The highest BCUT2D eigenvalue weighted by Crippen LogP contribution is 2.11. The molecular weight excluding hydrogens is 288 g/mol. The van der Waals surface area contributed by atoms with E-state index in [2.05, 4.69) is 28.0 Å². The van der Waals surface area contributed by atoms with Crippen LogP contribution in [0.25, 0.3) is 0 Å². The Morgan fingerprint density at radius 3 is 2.23 bits per heavy atom. The highest BCUT2D eigenvalue weighted by Gasteiger charge is 1.99. The molecule has 0 radical (unpaired) electrons. The van der Waals surface area contributed by atoms with Gasteiger partial charge in [0.1, 0.15) is 7.05 Å². The van der Waals surface area contributed by atoms with E-state index in [1.165, 1.54) is 11.1 Å². The van der Waals surface area contributed by atoms with Gasteiger partial charge < -0.3 is 4.84 Å². The first-order valence-electron chi connectivity index (χ1n) is 6.84. The first-order chi connectivity index (χ1) is 10.6. The molecule has 6 heteroatoms. The Hall–Kier alpha value is -2.47. The van der Waals surface area contributed by atoms with Crippen molar-refractivity contribution in [3.8, 4) is 0 Å². The summed E-state index contributed by atoms with van der Waals surface area (Å²) in [5.41, 5.74) is 8.08. The quantitative estimate of drug-likeness (QED) is 0.357. The highest BCUT2D eigenvalue weighted by atomic mass is 19.3. The van der Waals surface area contributed by atoms with Gasteiger partial charge in [-0.05, 0) is 36.1 Å². The number of pyridine rings is 1. The molecule has 116 valence electrons. The summed E-state index contributed by atoms with van der Waals surface area (Å²) in [4.78, 5) is 4.37. The molecule has 1 aromatic heterocycles. The molecule has 2 N–H and O–H groups in total. The van der Waals surface area contributed by atoms with E-state index in [1.807, 2.05) is 48.3 Å². The van der Waals surface area contributed by atoms with Crippen molar-refractivity contribution in [1.82, 2.24) is 5.59 Å². The minimum atomic E-state index is -1.90. The molecule has 0 aliphatic carbocycles. The minimum absolute atomic E-state index is 0.321. The minimum Gasteiger partial charge on any atom is -0.391 e. The monoisotopic (exact) mass is 306 g/mol. The summed E-state index contributed by atoms with van der Waals surface area (Å²) in [6.07, 6.45) is 4.38. The van der Waals surface area contributed by atoms with Crippen LogP contribution in [0.4, 0.5) is 14.5 Å². The highest BCUT2D eigenvalue weighted by molar-refractivity contribution is 5.43. The van der Waals surface area contributed by atoms with E-state index in [4.69, 9.17) is 0 Å². The van der Waals surface area contributed by atoms with Crippen molar-refractivity contribution in [2.24, 2.45) is 7.05 Å². The lowest BCUT2D eigenvalue weighted by molar-refractivity contribution is -0.671. The van der Waals surface area contributed by atoms with Crippen LogP contribution in [-0.4, -0.2) is 0 Å². The third kappa shape index (κ3) is 5.49. The third-order valence-electron chi connectivity index (χ3n) is 3.11. The maximum atomic E-state index is 11.7. The van der Waals surface area contributed by atoms with Crippen LogP contribution in [0.5, 0.6) is 0 Å². The average molecular weight is 306 g/mol. The summed E-state index contributed by atoms with van der Waals surface area (Å²) >= 11 is 0. The molecule has 0 atom stereocenters. The lowest BCUT2D eigenvalue weighted by atomic mass is 10.1. The molecule has 1 heterocycles. The topological polar surface area (TPSA) is 37.2 Å². The number of halogens is 2. The molecule has 1 aromatic carbocycles. The van der Waals surface area contributed by atoms with Crippen molar-refractivity contribution in [2.45, 2.75) is 12.8 Å². The number of hydrogen-bond acceptors (Lipinski definition) is 3. The van der Waals surface area contributed by atoms with Crippen LogP contribution in [-0.2, 0) is 24.7 Å². The van der Waals surface area contributed by atoms with E-state index in [1.54, 1.807) is 0 Å². The van der Waals surface area contributed by atoms with Crippen molar-refractivity contribution in [3.05, 3.63) is 72.3 Å². The fourth-order valence-corrected chi connectivity index (χ4v) is 1.90. The lowest BCUT2D eigenvalue weighted by Crippen LogP contribution is -2.25. The number of hydrogen-bond donors (Lipinski definition) is 2. The van der Waals surface area contributed by atoms with Gasteiger partial charge in [-0.3, -0.25) is 5.43 Å². The normalized spacial score (nSPS) is 10.1. The predicted octanol–water partition coefficient (Wildman–Crippen LogP) is 2.88. The van der Waals surface area contributed by atoms with Gasteiger partial charge in [0.2, 0.25) is 0 Å². The van der Waals surface area contributed by atoms with Gasteiger partial charge in [-0.2, -0.15) is 8.78 Å². The predicted molar refractivity (Wildman–Crippen MR) is 79.6 cm³/mol. The number of aryl methyl sites for hydroxylation is 3. The number of nitrogens with one attached hydrogen (secondary N) is 2. The molecule has 0 spiro atoms. The molecule has 0 saturated carbocycles. The number of hydrazine groups is 1. The van der Waals surface area contributed by atoms with E-state index in [0.717, 1.165) is 18.5 Å². The van der Waals surface area contributed by atoms with Gasteiger partial charge in [0, 0.05) is 12.1 Å². The molecule has 2 rings (SSSR count). The first kappa shape index (κ1) is 15.9. The Morgan fingerprint density at radius 2 is 1.64 bits per heavy atom. The van der Waals surface area contributed by atoms with Crippen LogP contribution < -0.4 is 15.6 Å². The van der Waals surface area contributed by atoms with Gasteiger partial charge in [-0.25, -0.2) is 4.57 Å². The molecule has 0 saturated heterocycles. The van der Waals surface area contributed by atoms with Gasteiger partial charge in [0.15, 0.2) is 18.7 Å². The standard InChI is InChI=1S/C16H18F2N3O/c1-21-10-8-14(9-11-21)3-2-13-4-6-15(7-5-13)19-20-22-12-16(17)18/h4-12,19-20H,2-3H2,1H3/q+1. The average Bonchev–Trinajstić information content (AvgIpc) is 2.52. The molecule has 0 aliphatic heterocycles. The summed E-state index contributed by atoms with van der Waals surface area (Å²) in [6, 6.07) is 11.9. The van der Waals surface area contributed by atoms with Crippen LogP contribution in [0.3, 0.4) is 0 Å². The van der Waals surface area contributed by atoms with E-state index in [0.29, 0.717) is 6.26 Å². The van der Waals surface area contributed by atoms with Gasteiger partial charge in [-0.1, -0.05) is 17.7 Å². The zero-order valence-electron chi connectivity index (χ0n) is 12.2. The Bertz CT molecular complexity index is 608. The van der Waals surface area contributed by atoms with Gasteiger partial charge in [-0.15, -0.1) is 0 Å². The summed E-state index contributed by atoms with van der Waals surface area (Å²) < 4.78 is 25.5. The van der Waals surface area contributed by atoms with Gasteiger partial charge >= 0.3 is 6.08 Å². The number of aromatic nitrogens is 1. The largest absolute Gasteiger partial charge is 0.391 e. The Labute approximate surface area is 128 Å². The number of rotatable bonds is 7. The second-order valence-corrected chi connectivity index (χ2v) is 4.82. The molecule has 22 heavy (non-hydrogen) atoms. The third-order valence-corrected chi connectivity index (χ3v) is 3.11. The van der Waals surface area contributed by atoms with Crippen molar-refractivity contribution < 1.29 is 18.2 Å². The zero-order chi connectivity index (χ0) is 15.8. The van der Waals surface area contributed by atoms with Crippen molar-refractivity contribution in [2.75, 3.05) is 5.43 Å². The molecule has 2 aromatic rings. The van der Waals surface area contributed by atoms with Crippen LogP contribution in [0, 0.1) is 0 Å². The fourth-order valence-electron chi connectivity index (χ4n) is 1.90. The lowest BCUT2D eigenvalue weighted by Gasteiger charge is -2.07. The Balaban J connectivity index is 1.79. The molecule has 0 amide bonds. The first-order valence-corrected chi connectivity index (χ1v) is 6.84. The Morgan fingerprint density at radius 1 is 1.05 bits per heavy atom. The van der Waals surface area contributed by atoms with Crippen molar-refractivity contribution in [1.29, 1.82) is 0 Å². The van der Waals surface area contributed by atoms with E-state index in [9.17, 15) is 8.78 Å². The second-order valence-electron chi connectivity index (χ2n) is 4.82. The molecule has 0 aliphatic rings. The fraction of sp³-hybridized carbons (Fsp3) is 0.188. The van der Waals surface area contributed by atoms with Gasteiger partial charge in [0.05, 0.1) is 5.69 Å². The second kappa shape index (κ2) is 8.09. The van der Waals surface area contributed by atoms with Crippen LogP contribution in [0.15, 0.2) is 61.1 Å². The zero-order valence-corrected chi connectivity index (χ0v) is 12.2. The molecule has 0 bridgehead atoms. The summed E-state index contributed by atoms with van der Waals surface area (Å²) in [5, 5.41) is 0. The van der Waals surface area contributed by atoms with Crippen LogP contribution in [0.1, 0.15) is 11.1 Å². The van der Waals surface area contributed by atoms with Crippen LogP contribution >= 0.6 is 0 Å². The molecule has 0 unspecified atom stereocenters. The molecular formula is C16H18F2N3O+. The van der Waals surface area contributed by atoms with Crippen molar-refractivity contribution >= 4 is 5.69 Å². The van der Waals surface area contributed by atoms with E-state index >= 15 is 0 Å². The number of anilines is 1. The SMILES string of the molecule is C[n+]1ccc(CCc2ccc(NNOC=C(F)F)cc2)cc1. The number of benzene rings is 1. The maximum absolute atomic E-state index is 11.7. The van der Waals surface area contributed by atoms with Gasteiger partial charge in [0.25, 0.3) is 0 Å². The smallest absolute Gasteiger partial charge is 0.307 e. The summed E-state index contributed by atoms with van der Waals surface area (Å²) in [6.45, 7) is 0. The molecule has 0 fully saturated rings. The number of nitrogens with zero attached hydrogens (tertiary/aromatic N) is 1. The van der Waals surface area contributed by atoms with E-state index < -0.39 is 6.08 Å². The summed E-state index contributed by atoms with van der Waals surface area (Å²) in [7, 11) is 1.99. The van der Waals surface area contributed by atoms with Crippen LogP contribution in [0.2, 0.25) is 0 Å². The Kier molecular flexibility index (Phi) is 5.85. The van der Waals surface area contributed by atoms with E-state index in [-0.39, 0.29) is 0 Å².